The molecule has 3 fully saturated rings. The van der Waals surface area contributed by atoms with Gasteiger partial charge < -0.3 is 20.3 Å². The fourth-order valence-electron chi connectivity index (χ4n) is 3.73. The molecule has 3 amide bonds. The molecule has 0 radical (unpaired) electrons. The molecule has 2 bridgehead atoms. The van der Waals surface area contributed by atoms with Gasteiger partial charge in [0.05, 0.1) is 18.1 Å². The van der Waals surface area contributed by atoms with Crippen LogP contribution in [0.5, 0.6) is 0 Å². The number of anilines is 1. The third kappa shape index (κ3) is 3.60. The van der Waals surface area contributed by atoms with Gasteiger partial charge >= 0.3 is 6.03 Å². The van der Waals surface area contributed by atoms with Crippen molar-refractivity contribution in [2.75, 3.05) is 18.4 Å². The summed E-state index contributed by atoms with van der Waals surface area (Å²) in [6, 6.07) is 7.21. The number of carbonyl (C=O) groups excluding carboxylic acids is 2. The van der Waals surface area contributed by atoms with E-state index in [4.69, 9.17) is 16.3 Å². The van der Waals surface area contributed by atoms with E-state index in [0.717, 1.165) is 12.8 Å². The molecule has 25 heavy (non-hydrogen) atoms. The van der Waals surface area contributed by atoms with E-state index in [9.17, 15) is 9.59 Å². The fourth-order valence-corrected chi connectivity index (χ4v) is 3.92. The summed E-state index contributed by atoms with van der Waals surface area (Å²) in [7, 11) is 0. The zero-order valence-corrected chi connectivity index (χ0v) is 14.7. The molecule has 7 heteroatoms. The Labute approximate surface area is 151 Å². The highest BCUT2D eigenvalue weighted by atomic mass is 35.5. The van der Waals surface area contributed by atoms with E-state index in [1.807, 2.05) is 0 Å². The van der Waals surface area contributed by atoms with Crippen LogP contribution in [0.25, 0.3) is 0 Å². The van der Waals surface area contributed by atoms with Gasteiger partial charge in [-0.25, -0.2) is 4.79 Å². The van der Waals surface area contributed by atoms with Gasteiger partial charge in [-0.15, -0.1) is 0 Å². The normalized spacial score (nSPS) is 28.4. The predicted molar refractivity (Wildman–Crippen MR) is 94.6 cm³/mol. The van der Waals surface area contributed by atoms with Crippen molar-refractivity contribution >= 4 is 29.2 Å². The van der Waals surface area contributed by atoms with E-state index in [1.165, 1.54) is 6.42 Å². The van der Waals surface area contributed by atoms with Crippen molar-refractivity contribution in [1.29, 1.82) is 0 Å². The van der Waals surface area contributed by atoms with Gasteiger partial charge in [-0.1, -0.05) is 17.7 Å². The van der Waals surface area contributed by atoms with Crippen LogP contribution in [0.4, 0.5) is 10.5 Å². The minimum atomic E-state index is -0.219. The fraction of sp³-hybridized carbons (Fsp3) is 0.556. The maximum atomic E-state index is 12.5. The van der Waals surface area contributed by atoms with E-state index >= 15 is 0 Å². The SMILES string of the molecule is O=C(NC1CCC1)[C@@H]1C[C@H]2CN(C(=O)Nc3cccc(Cl)c3)C[C@H]1O2. The largest absolute Gasteiger partial charge is 0.370 e. The van der Waals surface area contributed by atoms with Crippen molar-refractivity contribution in [3.8, 4) is 0 Å². The lowest BCUT2D eigenvalue weighted by Gasteiger charge is -2.33. The van der Waals surface area contributed by atoms with E-state index in [-0.39, 0.29) is 30.1 Å². The van der Waals surface area contributed by atoms with Gasteiger partial charge in [-0.3, -0.25) is 4.79 Å². The molecule has 0 unspecified atom stereocenters. The molecule has 134 valence electrons. The van der Waals surface area contributed by atoms with Crippen LogP contribution in [0.1, 0.15) is 25.7 Å². The first-order chi connectivity index (χ1) is 12.1. The first-order valence-corrected chi connectivity index (χ1v) is 9.23. The third-order valence-corrected chi connectivity index (χ3v) is 5.54. The van der Waals surface area contributed by atoms with Crippen molar-refractivity contribution in [2.24, 2.45) is 5.92 Å². The summed E-state index contributed by atoms with van der Waals surface area (Å²) in [4.78, 5) is 26.7. The first kappa shape index (κ1) is 16.7. The van der Waals surface area contributed by atoms with Crippen molar-refractivity contribution < 1.29 is 14.3 Å². The number of morpholine rings is 1. The van der Waals surface area contributed by atoms with Crippen LogP contribution < -0.4 is 10.6 Å². The molecule has 2 N–H and O–H groups in total. The van der Waals surface area contributed by atoms with E-state index in [1.54, 1.807) is 29.2 Å². The molecular weight excluding hydrogens is 342 g/mol. The molecule has 2 aliphatic heterocycles. The Bertz CT molecular complexity index is 679. The highest BCUT2D eigenvalue weighted by Crippen LogP contribution is 2.33. The van der Waals surface area contributed by atoms with E-state index in [2.05, 4.69) is 10.6 Å². The van der Waals surface area contributed by atoms with Crippen molar-refractivity contribution in [2.45, 2.75) is 43.9 Å². The Kier molecular flexibility index (Phi) is 4.56. The molecule has 6 nitrogen and oxygen atoms in total. The van der Waals surface area contributed by atoms with Gasteiger partial charge in [0.25, 0.3) is 0 Å². The van der Waals surface area contributed by atoms with Crippen LogP contribution in [-0.4, -0.2) is 48.2 Å². The molecule has 2 heterocycles. The minimum Gasteiger partial charge on any atom is -0.370 e. The number of rotatable bonds is 3. The minimum absolute atomic E-state index is 0.0685. The Morgan fingerprint density at radius 2 is 2.08 bits per heavy atom. The molecule has 4 rings (SSSR count). The molecule has 3 aliphatic rings. The molecule has 0 spiro atoms. The summed E-state index contributed by atoms with van der Waals surface area (Å²) < 4.78 is 5.91. The van der Waals surface area contributed by atoms with Crippen LogP contribution in [0.3, 0.4) is 0 Å². The van der Waals surface area contributed by atoms with Crippen LogP contribution in [0.15, 0.2) is 24.3 Å². The second kappa shape index (κ2) is 6.84. The Hall–Kier alpha value is -1.79. The van der Waals surface area contributed by atoms with Crippen LogP contribution in [-0.2, 0) is 9.53 Å². The van der Waals surface area contributed by atoms with E-state index < -0.39 is 0 Å². The summed E-state index contributed by atoms with van der Waals surface area (Å²) >= 11 is 5.95. The Morgan fingerprint density at radius 1 is 1.24 bits per heavy atom. The quantitative estimate of drug-likeness (QED) is 0.867. The molecule has 3 atom stereocenters. The first-order valence-electron chi connectivity index (χ1n) is 8.86. The number of halogens is 1. The number of urea groups is 1. The molecular formula is C18H22ClN3O3. The zero-order valence-electron chi connectivity index (χ0n) is 13.9. The average molecular weight is 364 g/mol. The van der Waals surface area contributed by atoms with Crippen LogP contribution >= 0.6 is 11.6 Å². The lowest BCUT2D eigenvalue weighted by Crippen LogP contribution is -2.50. The Balaban J connectivity index is 1.36. The number of nitrogens with zero attached hydrogens (tertiary/aromatic N) is 1. The highest BCUT2D eigenvalue weighted by Gasteiger charge is 2.46. The number of carbonyl (C=O) groups is 2. The van der Waals surface area contributed by atoms with Gasteiger partial charge in [0.1, 0.15) is 0 Å². The molecule has 2 saturated heterocycles. The number of fused-ring (bicyclic) bond motifs is 2. The monoisotopic (exact) mass is 363 g/mol. The number of hydrogen-bond acceptors (Lipinski definition) is 3. The number of benzene rings is 1. The average Bonchev–Trinajstić information content (AvgIpc) is 2.85. The lowest BCUT2D eigenvalue weighted by atomic mass is 9.91. The highest BCUT2D eigenvalue weighted by molar-refractivity contribution is 6.30. The van der Waals surface area contributed by atoms with Crippen molar-refractivity contribution in [3.63, 3.8) is 0 Å². The maximum Gasteiger partial charge on any atom is 0.322 e. The van der Waals surface area contributed by atoms with Gasteiger partial charge in [0, 0.05) is 29.8 Å². The summed E-state index contributed by atoms with van der Waals surface area (Å²) in [5.41, 5.74) is 0.663. The smallest absolute Gasteiger partial charge is 0.322 e. The summed E-state index contributed by atoms with van der Waals surface area (Å²) in [6.07, 6.45) is 3.73. The second-order valence-corrected chi connectivity index (χ2v) is 7.56. The third-order valence-electron chi connectivity index (χ3n) is 5.31. The number of amides is 3. The molecule has 0 aromatic heterocycles. The van der Waals surface area contributed by atoms with Crippen LogP contribution in [0.2, 0.25) is 5.02 Å². The van der Waals surface area contributed by atoms with Crippen molar-refractivity contribution in [1.82, 2.24) is 10.2 Å². The van der Waals surface area contributed by atoms with Gasteiger partial charge in [-0.05, 0) is 43.9 Å². The van der Waals surface area contributed by atoms with Gasteiger partial charge in [0.15, 0.2) is 0 Å². The molecule has 1 aromatic carbocycles. The second-order valence-electron chi connectivity index (χ2n) is 7.12. The van der Waals surface area contributed by atoms with Crippen molar-refractivity contribution in [3.05, 3.63) is 29.3 Å². The summed E-state index contributed by atoms with van der Waals surface area (Å²) in [5, 5.41) is 6.55. The number of nitrogens with one attached hydrogen (secondary N) is 2. The number of ether oxygens (including phenoxy) is 1. The van der Waals surface area contributed by atoms with Gasteiger partial charge in [-0.2, -0.15) is 0 Å². The molecule has 1 aromatic rings. The van der Waals surface area contributed by atoms with Gasteiger partial charge in [0.2, 0.25) is 5.91 Å². The standard InChI is InChI=1S/C18H22ClN3O3/c19-11-3-1-6-13(7-11)21-18(24)22-9-14-8-15(16(10-22)25-14)17(23)20-12-4-2-5-12/h1,3,6-7,12,14-16H,2,4-5,8-10H2,(H,20,23)(H,21,24)/t14-,15+,16+/m0/s1. The zero-order chi connectivity index (χ0) is 17.4. The topological polar surface area (TPSA) is 70.7 Å². The maximum absolute atomic E-state index is 12.5. The molecule has 1 saturated carbocycles. The van der Waals surface area contributed by atoms with Crippen LogP contribution in [0, 0.1) is 5.92 Å². The summed E-state index contributed by atoms with van der Waals surface area (Å²) in [5.74, 6) is -0.0798. The number of likely N-dealkylation sites (tertiary alicyclic amines) is 1. The Morgan fingerprint density at radius 3 is 2.80 bits per heavy atom. The molecule has 1 aliphatic carbocycles. The predicted octanol–water partition coefficient (Wildman–Crippen LogP) is 2.63. The number of hydrogen-bond donors (Lipinski definition) is 2. The lowest BCUT2D eigenvalue weighted by molar-refractivity contribution is -0.128. The van der Waals surface area contributed by atoms with E-state index in [0.29, 0.717) is 36.3 Å². The summed E-state index contributed by atoms with van der Waals surface area (Å²) in [6.45, 7) is 0.946.